The van der Waals surface area contributed by atoms with E-state index in [0.717, 1.165) is 13.0 Å². The molecule has 0 fully saturated rings. The lowest BCUT2D eigenvalue weighted by Gasteiger charge is -2.13. The lowest BCUT2D eigenvalue weighted by atomic mass is 9.93. The van der Waals surface area contributed by atoms with Crippen molar-refractivity contribution in [1.82, 2.24) is 4.98 Å². The lowest BCUT2D eigenvalue weighted by Crippen LogP contribution is -2.04. The van der Waals surface area contributed by atoms with Gasteiger partial charge in [-0.1, -0.05) is 25.1 Å². The predicted octanol–water partition coefficient (Wildman–Crippen LogP) is 2.69. The van der Waals surface area contributed by atoms with Crippen molar-refractivity contribution in [2.45, 2.75) is 19.3 Å². The number of nitrogens with two attached hydrogens (primary N) is 1. The smallest absolute Gasteiger partial charge is 0.0346 e. The lowest BCUT2D eigenvalue weighted by molar-refractivity contribution is 0.695. The number of nitrogens with zero attached hydrogens (tertiary/aromatic N) is 1. The van der Waals surface area contributed by atoms with Crippen LogP contribution in [0.1, 0.15) is 24.8 Å². The van der Waals surface area contributed by atoms with Gasteiger partial charge in [0.2, 0.25) is 0 Å². The minimum absolute atomic E-state index is 0.515. The van der Waals surface area contributed by atoms with Gasteiger partial charge in [-0.3, -0.25) is 4.98 Å². The normalized spacial score (nSPS) is 12.9. The van der Waals surface area contributed by atoms with Gasteiger partial charge in [-0.25, -0.2) is 0 Å². The van der Waals surface area contributed by atoms with Crippen molar-refractivity contribution in [3.63, 3.8) is 0 Å². The van der Waals surface area contributed by atoms with Crippen molar-refractivity contribution in [1.29, 1.82) is 0 Å². The average Bonchev–Trinajstić information content (AvgIpc) is 2.28. The second kappa shape index (κ2) is 4.41. The van der Waals surface area contributed by atoms with Gasteiger partial charge in [0, 0.05) is 17.8 Å². The SMILES string of the molecule is CC(CCN)c1cccc2cnccc12. The van der Waals surface area contributed by atoms with Gasteiger partial charge < -0.3 is 5.73 Å². The molecular formula is C13H16N2. The minimum Gasteiger partial charge on any atom is -0.330 e. The highest BCUT2D eigenvalue weighted by Gasteiger charge is 2.07. The number of pyridine rings is 1. The molecule has 2 heteroatoms. The molecule has 0 saturated heterocycles. The van der Waals surface area contributed by atoms with E-state index in [1.54, 1.807) is 0 Å². The summed E-state index contributed by atoms with van der Waals surface area (Å²) in [5.41, 5.74) is 6.97. The summed E-state index contributed by atoms with van der Waals surface area (Å²) in [6, 6.07) is 8.45. The van der Waals surface area contributed by atoms with Gasteiger partial charge in [0.1, 0.15) is 0 Å². The molecule has 2 N–H and O–H groups in total. The summed E-state index contributed by atoms with van der Waals surface area (Å²) in [5, 5.41) is 2.51. The van der Waals surface area contributed by atoms with Crippen molar-refractivity contribution in [2.24, 2.45) is 5.73 Å². The first-order valence-electron chi connectivity index (χ1n) is 5.35. The van der Waals surface area contributed by atoms with E-state index in [4.69, 9.17) is 5.73 Å². The Morgan fingerprint density at radius 3 is 3.00 bits per heavy atom. The highest BCUT2D eigenvalue weighted by Crippen LogP contribution is 2.26. The standard InChI is InChI=1S/C13H16N2/c1-10(5-7-14)12-4-2-3-11-9-15-8-6-13(11)12/h2-4,6,8-10H,5,7,14H2,1H3. The van der Waals surface area contributed by atoms with Crippen LogP contribution in [-0.4, -0.2) is 11.5 Å². The first-order valence-corrected chi connectivity index (χ1v) is 5.35. The van der Waals surface area contributed by atoms with Crippen LogP contribution in [0.3, 0.4) is 0 Å². The molecule has 1 aromatic carbocycles. The van der Waals surface area contributed by atoms with Crippen molar-refractivity contribution < 1.29 is 0 Å². The molecule has 0 amide bonds. The molecule has 0 saturated carbocycles. The van der Waals surface area contributed by atoms with E-state index in [1.807, 2.05) is 12.4 Å². The monoisotopic (exact) mass is 200 g/mol. The second-order valence-corrected chi connectivity index (χ2v) is 3.92. The molecule has 2 nitrogen and oxygen atoms in total. The maximum absolute atomic E-state index is 5.60. The number of rotatable bonds is 3. The van der Waals surface area contributed by atoms with Crippen molar-refractivity contribution in [3.8, 4) is 0 Å². The third-order valence-corrected chi connectivity index (χ3v) is 2.85. The van der Waals surface area contributed by atoms with Crippen LogP contribution in [-0.2, 0) is 0 Å². The molecule has 0 aliphatic carbocycles. The zero-order valence-electron chi connectivity index (χ0n) is 8.98. The molecule has 1 unspecified atom stereocenters. The molecule has 15 heavy (non-hydrogen) atoms. The Morgan fingerprint density at radius 1 is 1.33 bits per heavy atom. The van der Waals surface area contributed by atoms with E-state index < -0.39 is 0 Å². The zero-order valence-corrected chi connectivity index (χ0v) is 8.98. The molecule has 0 bridgehead atoms. The molecule has 2 rings (SSSR count). The van der Waals surface area contributed by atoms with Crippen molar-refractivity contribution >= 4 is 10.8 Å². The molecule has 2 aromatic rings. The summed E-state index contributed by atoms with van der Waals surface area (Å²) in [6.45, 7) is 2.96. The maximum Gasteiger partial charge on any atom is 0.0346 e. The fourth-order valence-electron chi connectivity index (χ4n) is 1.98. The van der Waals surface area contributed by atoms with E-state index >= 15 is 0 Å². The highest BCUT2D eigenvalue weighted by molar-refractivity contribution is 5.85. The van der Waals surface area contributed by atoms with E-state index in [2.05, 4.69) is 36.2 Å². The van der Waals surface area contributed by atoms with Gasteiger partial charge in [0.05, 0.1) is 0 Å². The fourth-order valence-corrected chi connectivity index (χ4v) is 1.98. The third kappa shape index (κ3) is 2.00. The third-order valence-electron chi connectivity index (χ3n) is 2.85. The van der Waals surface area contributed by atoms with Crippen LogP contribution < -0.4 is 5.73 Å². The summed E-state index contributed by atoms with van der Waals surface area (Å²) in [4.78, 5) is 4.13. The minimum atomic E-state index is 0.515. The molecule has 78 valence electrons. The number of fused-ring (bicyclic) bond motifs is 1. The molecule has 0 aliphatic heterocycles. The van der Waals surface area contributed by atoms with Crippen LogP contribution in [0.4, 0.5) is 0 Å². The topological polar surface area (TPSA) is 38.9 Å². The van der Waals surface area contributed by atoms with Gasteiger partial charge in [-0.2, -0.15) is 0 Å². The number of benzene rings is 1. The number of hydrogen-bond donors (Lipinski definition) is 1. The van der Waals surface area contributed by atoms with Crippen LogP contribution in [0.5, 0.6) is 0 Å². The summed E-state index contributed by atoms with van der Waals surface area (Å²) in [7, 11) is 0. The number of aromatic nitrogens is 1. The highest BCUT2D eigenvalue weighted by atomic mass is 14.6. The largest absolute Gasteiger partial charge is 0.330 e. The van der Waals surface area contributed by atoms with Gasteiger partial charge in [0.25, 0.3) is 0 Å². The quantitative estimate of drug-likeness (QED) is 0.827. The fraction of sp³-hybridized carbons (Fsp3) is 0.308. The Bertz CT molecular complexity index is 446. The predicted molar refractivity (Wildman–Crippen MR) is 63.8 cm³/mol. The summed E-state index contributed by atoms with van der Waals surface area (Å²) < 4.78 is 0. The van der Waals surface area contributed by atoms with Gasteiger partial charge >= 0.3 is 0 Å². The van der Waals surface area contributed by atoms with Crippen LogP contribution in [0.15, 0.2) is 36.7 Å². The van der Waals surface area contributed by atoms with Crippen molar-refractivity contribution in [3.05, 3.63) is 42.2 Å². The first kappa shape index (κ1) is 10.1. The average molecular weight is 200 g/mol. The summed E-state index contributed by atoms with van der Waals surface area (Å²) in [6.07, 6.45) is 4.79. The maximum atomic E-state index is 5.60. The molecule has 0 spiro atoms. The van der Waals surface area contributed by atoms with Crippen LogP contribution in [0.25, 0.3) is 10.8 Å². The van der Waals surface area contributed by atoms with E-state index in [-0.39, 0.29) is 0 Å². The molecule has 1 atom stereocenters. The Balaban J connectivity index is 2.50. The number of hydrogen-bond acceptors (Lipinski definition) is 2. The Morgan fingerprint density at radius 2 is 2.20 bits per heavy atom. The van der Waals surface area contributed by atoms with E-state index in [1.165, 1.54) is 16.3 Å². The summed E-state index contributed by atoms with van der Waals surface area (Å²) in [5.74, 6) is 0.515. The Hall–Kier alpha value is -1.41. The van der Waals surface area contributed by atoms with Gasteiger partial charge in [0.15, 0.2) is 0 Å². The molecule has 0 aliphatic rings. The van der Waals surface area contributed by atoms with Crippen LogP contribution in [0, 0.1) is 0 Å². The summed E-state index contributed by atoms with van der Waals surface area (Å²) >= 11 is 0. The van der Waals surface area contributed by atoms with E-state index in [9.17, 15) is 0 Å². The van der Waals surface area contributed by atoms with Crippen molar-refractivity contribution in [2.75, 3.05) is 6.54 Å². The zero-order chi connectivity index (χ0) is 10.7. The molecular weight excluding hydrogens is 184 g/mol. The Kier molecular flexibility index (Phi) is 2.97. The second-order valence-electron chi connectivity index (χ2n) is 3.92. The van der Waals surface area contributed by atoms with Crippen LogP contribution >= 0.6 is 0 Å². The van der Waals surface area contributed by atoms with Crippen LogP contribution in [0.2, 0.25) is 0 Å². The van der Waals surface area contributed by atoms with Gasteiger partial charge in [-0.05, 0) is 35.9 Å². The molecule has 1 aromatic heterocycles. The van der Waals surface area contributed by atoms with E-state index in [0.29, 0.717) is 5.92 Å². The van der Waals surface area contributed by atoms with Gasteiger partial charge in [-0.15, -0.1) is 0 Å². The molecule has 1 heterocycles. The Labute approximate surface area is 90.1 Å². The first-order chi connectivity index (χ1) is 7.33. The molecule has 0 radical (unpaired) electrons.